The Kier molecular flexibility index (Phi) is 9.62. The Morgan fingerprint density at radius 2 is 1.71 bits per heavy atom. The van der Waals surface area contributed by atoms with E-state index in [1.54, 1.807) is 18.2 Å². The van der Waals surface area contributed by atoms with Gasteiger partial charge < -0.3 is 15.3 Å². The van der Waals surface area contributed by atoms with E-state index in [1.165, 1.54) is 0 Å². The van der Waals surface area contributed by atoms with Gasteiger partial charge in [-0.2, -0.15) is 0 Å². The number of nitroso groups, excluding NO2 is 1. The topological polar surface area (TPSA) is 85.2 Å². The number of nitrogens with one attached hydrogen (secondary N) is 1. The van der Waals surface area contributed by atoms with Crippen molar-refractivity contribution >= 4 is 52.5 Å². The molecule has 0 aliphatic carbocycles. The molecule has 2 aromatic carbocycles. The van der Waals surface area contributed by atoms with Gasteiger partial charge in [-0.1, -0.05) is 47.5 Å². The van der Waals surface area contributed by atoms with Crippen LogP contribution in [0.15, 0.2) is 47.0 Å². The maximum atomic E-state index is 12.2. The summed E-state index contributed by atoms with van der Waals surface area (Å²) in [6.45, 7) is 8.98. The van der Waals surface area contributed by atoms with Crippen molar-refractivity contribution in [3.8, 4) is 0 Å². The fourth-order valence-corrected chi connectivity index (χ4v) is 5.16. The minimum Gasteiger partial charge on any atom is -0.481 e. The summed E-state index contributed by atoms with van der Waals surface area (Å²) < 4.78 is 2.76. The highest BCUT2D eigenvalue weighted by Gasteiger charge is 2.28. The fraction of sp³-hybridized carbons (Fsp3) is 0.458. The highest BCUT2D eigenvalue weighted by molar-refractivity contribution is 7.99. The lowest BCUT2D eigenvalue weighted by molar-refractivity contribution is -0.139. The lowest BCUT2D eigenvalue weighted by Gasteiger charge is -2.38. The summed E-state index contributed by atoms with van der Waals surface area (Å²) >= 11 is 13.7. The van der Waals surface area contributed by atoms with Gasteiger partial charge in [0.25, 0.3) is 0 Å². The third-order valence-corrected chi connectivity index (χ3v) is 7.27. The number of benzene rings is 2. The summed E-state index contributed by atoms with van der Waals surface area (Å²) in [6.07, 6.45) is 0.487. The number of hydrogen-bond donors (Lipinski definition) is 2. The van der Waals surface area contributed by atoms with Crippen LogP contribution in [0.1, 0.15) is 31.7 Å². The summed E-state index contributed by atoms with van der Waals surface area (Å²) in [4.78, 5) is 27.5. The Labute approximate surface area is 214 Å². The normalized spacial score (nSPS) is 16.2. The standard InChI is InChI=1S/C24H30Cl2N4O3S/c1-24(2,34-28-33)16-30-14-12-29(13-15-30)11-10-18(23(31)32)17-6-3-4-9-21(17)27-22-19(25)7-5-8-20(22)26/h3-9,18,27H,10-16H2,1-2H3,(H,31,32). The second-order valence-electron chi connectivity index (χ2n) is 9.03. The number of aliphatic carboxylic acids is 1. The maximum Gasteiger partial charge on any atom is 0.311 e. The summed E-state index contributed by atoms with van der Waals surface area (Å²) in [5.41, 5.74) is 1.94. The first-order valence-corrected chi connectivity index (χ1v) is 12.7. The number of nitrogens with zero attached hydrogens (tertiary/aromatic N) is 3. The van der Waals surface area contributed by atoms with Crippen molar-refractivity contribution in [3.05, 3.63) is 63.0 Å². The maximum absolute atomic E-state index is 12.2. The molecule has 184 valence electrons. The lowest BCUT2D eigenvalue weighted by Crippen LogP contribution is -2.50. The number of anilines is 2. The molecule has 1 saturated heterocycles. The molecule has 1 fully saturated rings. The third kappa shape index (κ3) is 7.33. The molecular formula is C24H30Cl2N4O3S. The van der Waals surface area contributed by atoms with Gasteiger partial charge in [0, 0.05) is 59.7 Å². The average molecular weight is 526 g/mol. The first kappa shape index (κ1) is 26.8. The molecule has 0 radical (unpaired) electrons. The molecule has 1 aliphatic heterocycles. The molecule has 1 aliphatic rings. The number of carboxylic acid groups (broad SMARTS) is 1. The predicted octanol–water partition coefficient (Wildman–Crippen LogP) is 6.11. The van der Waals surface area contributed by atoms with Crippen LogP contribution < -0.4 is 5.32 Å². The van der Waals surface area contributed by atoms with E-state index in [-0.39, 0.29) is 4.75 Å². The highest BCUT2D eigenvalue weighted by Crippen LogP contribution is 2.36. The van der Waals surface area contributed by atoms with Crippen LogP contribution in [0.25, 0.3) is 0 Å². The van der Waals surface area contributed by atoms with E-state index in [0.717, 1.165) is 44.7 Å². The van der Waals surface area contributed by atoms with Crippen LogP contribution in [0.3, 0.4) is 0 Å². The Morgan fingerprint density at radius 3 is 2.32 bits per heavy atom. The first-order chi connectivity index (χ1) is 16.2. The van der Waals surface area contributed by atoms with Crippen molar-refractivity contribution in [2.45, 2.75) is 30.9 Å². The number of para-hydroxylation sites is 2. The zero-order valence-corrected chi connectivity index (χ0v) is 21.7. The highest BCUT2D eigenvalue weighted by atomic mass is 35.5. The number of hydrogen-bond acceptors (Lipinski definition) is 7. The smallest absolute Gasteiger partial charge is 0.311 e. The quantitative estimate of drug-likeness (QED) is 0.271. The predicted molar refractivity (Wildman–Crippen MR) is 142 cm³/mol. The van der Waals surface area contributed by atoms with E-state index in [4.69, 9.17) is 23.2 Å². The molecule has 0 saturated carbocycles. The summed E-state index contributed by atoms with van der Waals surface area (Å²) in [5.74, 6) is -1.53. The van der Waals surface area contributed by atoms with Gasteiger partial charge in [0.05, 0.1) is 21.7 Å². The minimum absolute atomic E-state index is 0.223. The van der Waals surface area contributed by atoms with Crippen LogP contribution in [0, 0.1) is 4.91 Å². The van der Waals surface area contributed by atoms with Gasteiger partial charge in [-0.15, -0.1) is 4.91 Å². The zero-order chi connectivity index (χ0) is 24.7. The van der Waals surface area contributed by atoms with Gasteiger partial charge in [0.2, 0.25) is 0 Å². The Bertz CT molecular complexity index is 980. The van der Waals surface area contributed by atoms with Gasteiger partial charge in [0.1, 0.15) is 0 Å². The van der Waals surface area contributed by atoms with Crippen LogP contribution in [-0.2, 0) is 4.79 Å². The molecule has 7 nitrogen and oxygen atoms in total. The average Bonchev–Trinajstić information content (AvgIpc) is 2.78. The molecule has 0 spiro atoms. The molecule has 1 unspecified atom stereocenters. The van der Waals surface area contributed by atoms with Gasteiger partial charge in [-0.05, 0) is 50.6 Å². The summed E-state index contributed by atoms with van der Waals surface area (Å²) in [7, 11) is 0. The van der Waals surface area contributed by atoms with Crippen molar-refractivity contribution in [2.75, 3.05) is 44.6 Å². The van der Waals surface area contributed by atoms with Crippen molar-refractivity contribution in [1.29, 1.82) is 0 Å². The van der Waals surface area contributed by atoms with Crippen LogP contribution >= 0.6 is 35.1 Å². The monoisotopic (exact) mass is 524 g/mol. The third-order valence-electron chi connectivity index (χ3n) is 5.94. The van der Waals surface area contributed by atoms with Gasteiger partial charge in [-0.3, -0.25) is 9.69 Å². The van der Waals surface area contributed by atoms with Crippen molar-refractivity contribution in [2.24, 2.45) is 4.58 Å². The number of rotatable bonds is 11. The van der Waals surface area contributed by atoms with Crippen LogP contribution in [0.4, 0.5) is 11.4 Å². The number of carbonyl (C=O) groups is 1. The molecule has 0 aromatic heterocycles. The second-order valence-corrected chi connectivity index (χ2v) is 11.3. The Balaban J connectivity index is 1.64. The number of halogens is 2. The van der Waals surface area contributed by atoms with Gasteiger partial charge >= 0.3 is 5.97 Å². The van der Waals surface area contributed by atoms with Crippen molar-refractivity contribution in [1.82, 2.24) is 9.80 Å². The minimum atomic E-state index is -0.863. The summed E-state index contributed by atoms with van der Waals surface area (Å²) in [5, 5.41) is 14.2. The van der Waals surface area contributed by atoms with Crippen molar-refractivity contribution in [3.63, 3.8) is 0 Å². The molecule has 1 atom stereocenters. The summed E-state index contributed by atoms with van der Waals surface area (Å²) in [6, 6.07) is 12.6. The van der Waals surface area contributed by atoms with Crippen molar-refractivity contribution < 1.29 is 9.90 Å². The molecule has 2 aromatic rings. The molecule has 0 amide bonds. The van der Waals surface area contributed by atoms with E-state index in [0.29, 0.717) is 39.9 Å². The number of carboxylic acids is 1. The molecule has 1 heterocycles. The molecule has 34 heavy (non-hydrogen) atoms. The zero-order valence-electron chi connectivity index (χ0n) is 19.3. The largest absolute Gasteiger partial charge is 0.481 e. The Morgan fingerprint density at radius 1 is 1.09 bits per heavy atom. The second kappa shape index (κ2) is 12.2. The van der Waals surface area contributed by atoms with Gasteiger partial charge in [-0.25, -0.2) is 0 Å². The van der Waals surface area contributed by atoms with Crippen LogP contribution in [-0.4, -0.2) is 64.9 Å². The van der Waals surface area contributed by atoms with E-state index < -0.39 is 11.9 Å². The Hall–Kier alpha value is -1.84. The molecule has 3 rings (SSSR count). The lowest BCUT2D eigenvalue weighted by atomic mass is 9.93. The fourth-order valence-electron chi connectivity index (χ4n) is 4.23. The molecule has 0 bridgehead atoms. The van der Waals surface area contributed by atoms with E-state index >= 15 is 0 Å². The molecular weight excluding hydrogens is 495 g/mol. The van der Waals surface area contributed by atoms with Crippen LogP contribution in [0.5, 0.6) is 0 Å². The van der Waals surface area contributed by atoms with Gasteiger partial charge in [0.15, 0.2) is 0 Å². The van der Waals surface area contributed by atoms with Crippen LogP contribution in [0.2, 0.25) is 10.0 Å². The molecule has 10 heteroatoms. The van der Waals surface area contributed by atoms with E-state index in [9.17, 15) is 14.8 Å². The van der Waals surface area contributed by atoms with E-state index in [1.807, 2.05) is 38.1 Å². The first-order valence-electron chi connectivity index (χ1n) is 11.2. The molecule has 2 N–H and O–H groups in total. The SMILES string of the molecule is CC(C)(CN1CCN(CCC(C(=O)O)c2ccccc2Nc2c(Cl)cccc2Cl)CC1)SN=O. The number of piperazine rings is 1. The van der Waals surface area contributed by atoms with E-state index in [2.05, 4.69) is 19.7 Å².